The number of nitrogens with one attached hydrogen (secondary N) is 1. The van der Waals surface area contributed by atoms with Crippen molar-refractivity contribution in [2.24, 2.45) is 0 Å². The number of ether oxygens (including phenoxy) is 2. The van der Waals surface area contributed by atoms with Crippen molar-refractivity contribution in [2.45, 2.75) is 19.5 Å². The Morgan fingerprint density at radius 1 is 1.15 bits per heavy atom. The van der Waals surface area contributed by atoms with Gasteiger partial charge in [0.15, 0.2) is 6.61 Å². The van der Waals surface area contributed by atoms with Crippen LogP contribution >= 0.6 is 0 Å². The molecule has 1 amide bonds. The number of halogens is 3. The van der Waals surface area contributed by atoms with Crippen LogP contribution in [0.5, 0.6) is 5.75 Å². The number of hydrogen-bond donors (Lipinski definition) is 1. The molecular weight excluding hydrogens is 365 g/mol. The summed E-state index contributed by atoms with van der Waals surface area (Å²) in [7, 11) is 0. The number of hydrogen-bond acceptors (Lipinski definition) is 5. The number of esters is 1. The maximum absolute atomic E-state index is 12.9. The standard InChI is InChI=1S/C18H17F3N2O4/c1-2-9-26-15-4-3-13(18(19,20)21)10-14(15)23-16(24)11-27-17(25)12-5-7-22-8-6-12/h3-8,10H,2,9,11H2,1H3,(H,23,24). The normalized spacial score (nSPS) is 11.0. The fourth-order valence-corrected chi connectivity index (χ4v) is 2.03. The maximum atomic E-state index is 12.9. The lowest BCUT2D eigenvalue weighted by Crippen LogP contribution is -2.21. The van der Waals surface area contributed by atoms with Gasteiger partial charge in [0, 0.05) is 12.4 Å². The average Bonchev–Trinajstić information content (AvgIpc) is 2.65. The number of carbonyl (C=O) groups excluding carboxylic acids is 2. The van der Waals surface area contributed by atoms with Gasteiger partial charge in [0.1, 0.15) is 5.75 Å². The molecule has 0 aliphatic carbocycles. The molecule has 1 aromatic carbocycles. The zero-order valence-electron chi connectivity index (χ0n) is 14.4. The quantitative estimate of drug-likeness (QED) is 0.739. The van der Waals surface area contributed by atoms with Gasteiger partial charge >= 0.3 is 12.1 Å². The molecule has 6 nitrogen and oxygen atoms in total. The third-order valence-electron chi connectivity index (χ3n) is 3.29. The van der Waals surface area contributed by atoms with Crippen LogP contribution < -0.4 is 10.1 Å². The number of pyridine rings is 1. The largest absolute Gasteiger partial charge is 0.491 e. The zero-order valence-corrected chi connectivity index (χ0v) is 14.4. The summed E-state index contributed by atoms with van der Waals surface area (Å²) in [5.41, 5.74) is -0.887. The molecule has 1 aromatic heterocycles. The first kappa shape index (κ1) is 20.2. The number of carbonyl (C=O) groups is 2. The molecule has 0 saturated carbocycles. The van der Waals surface area contributed by atoms with E-state index in [0.29, 0.717) is 6.42 Å². The van der Waals surface area contributed by atoms with Gasteiger partial charge in [-0.1, -0.05) is 6.92 Å². The first-order valence-electron chi connectivity index (χ1n) is 8.02. The Morgan fingerprint density at radius 3 is 2.48 bits per heavy atom. The Kier molecular flexibility index (Phi) is 6.75. The summed E-state index contributed by atoms with van der Waals surface area (Å²) in [5.74, 6) is -1.45. The third-order valence-corrected chi connectivity index (χ3v) is 3.29. The summed E-state index contributed by atoms with van der Waals surface area (Å²) in [5, 5.41) is 2.29. The molecule has 0 saturated heterocycles. The SMILES string of the molecule is CCCOc1ccc(C(F)(F)F)cc1NC(=O)COC(=O)c1ccncc1. The van der Waals surface area contributed by atoms with Crippen LogP contribution in [0.15, 0.2) is 42.7 Å². The molecule has 0 fully saturated rings. The second-order valence-electron chi connectivity index (χ2n) is 5.42. The second kappa shape index (κ2) is 9.02. The fourth-order valence-electron chi connectivity index (χ4n) is 2.03. The molecule has 0 bridgehead atoms. The smallest absolute Gasteiger partial charge is 0.416 e. The Morgan fingerprint density at radius 2 is 1.85 bits per heavy atom. The molecule has 2 aromatic rings. The Labute approximate surface area is 153 Å². The minimum Gasteiger partial charge on any atom is -0.491 e. The number of alkyl halides is 3. The van der Waals surface area contributed by atoms with Gasteiger partial charge in [-0.25, -0.2) is 4.79 Å². The second-order valence-corrected chi connectivity index (χ2v) is 5.42. The number of aromatic nitrogens is 1. The van der Waals surface area contributed by atoms with Gasteiger partial charge in [-0.05, 0) is 36.8 Å². The van der Waals surface area contributed by atoms with E-state index in [0.717, 1.165) is 18.2 Å². The van der Waals surface area contributed by atoms with Crippen molar-refractivity contribution < 1.29 is 32.2 Å². The average molecular weight is 382 g/mol. The summed E-state index contributed by atoms with van der Waals surface area (Å²) < 4.78 is 48.9. The first-order chi connectivity index (χ1) is 12.8. The number of amides is 1. The highest BCUT2D eigenvalue weighted by molar-refractivity contribution is 5.96. The van der Waals surface area contributed by atoms with Crippen LogP contribution in [0, 0.1) is 0 Å². The number of nitrogens with zero attached hydrogens (tertiary/aromatic N) is 1. The third kappa shape index (κ3) is 5.98. The molecule has 0 radical (unpaired) electrons. The molecule has 27 heavy (non-hydrogen) atoms. The number of benzene rings is 1. The predicted octanol–water partition coefficient (Wildman–Crippen LogP) is 3.68. The molecule has 1 heterocycles. The van der Waals surface area contributed by atoms with Crippen LogP contribution in [0.3, 0.4) is 0 Å². The van der Waals surface area contributed by atoms with Crippen LogP contribution in [-0.2, 0) is 15.7 Å². The lowest BCUT2D eigenvalue weighted by atomic mass is 10.1. The van der Waals surface area contributed by atoms with Gasteiger partial charge < -0.3 is 14.8 Å². The van der Waals surface area contributed by atoms with Crippen molar-refractivity contribution in [1.82, 2.24) is 4.98 Å². The van der Waals surface area contributed by atoms with Crippen molar-refractivity contribution in [3.8, 4) is 5.75 Å². The maximum Gasteiger partial charge on any atom is 0.416 e. The molecule has 0 unspecified atom stereocenters. The highest BCUT2D eigenvalue weighted by Crippen LogP contribution is 2.35. The summed E-state index contributed by atoms with van der Waals surface area (Å²) in [6, 6.07) is 5.59. The van der Waals surface area contributed by atoms with Crippen molar-refractivity contribution in [3.63, 3.8) is 0 Å². The van der Waals surface area contributed by atoms with Gasteiger partial charge in [-0.3, -0.25) is 9.78 Å². The first-order valence-corrected chi connectivity index (χ1v) is 8.02. The van der Waals surface area contributed by atoms with E-state index in [9.17, 15) is 22.8 Å². The van der Waals surface area contributed by atoms with Gasteiger partial charge in [0.05, 0.1) is 23.4 Å². The summed E-state index contributed by atoms with van der Waals surface area (Å²) >= 11 is 0. The fraction of sp³-hybridized carbons (Fsp3) is 0.278. The van der Waals surface area contributed by atoms with E-state index < -0.39 is 30.2 Å². The molecule has 1 N–H and O–H groups in total. The monoisotopic (exact) mass is 382 g/mol. The minimum atomic E-state index is -4.57. The van der Waals surface area contributed by atoms with Crippen LogP contribution in [0.4, 0.5) is 18.9 Å². The van der Waals surface area contributed by atoms with E-state index in [4.69, 9.17) is 9.47 Å². The number of anilines is 1. The Hall–Kier alpha value is -3.10. The van der Waals surface area contributed by atoms with E-state index >= 15 is 0 Å². The van der Waals surface area contributed by atoms with Gasteiger partial charge in [-0.15, -0.1) is 0 Å². The summed E-state index contributed by atoms with van der Waals surface area (Å²) in [6.07, 6.45) is -1.16. The summed E-state index contributed by atoms with van der Waals surface area (Å²) in [4.78, 5) is 27.5. The van der Waals surface area contributed by atoms with Crippen molar-refractivity contribution in [3.05, 3.63) is 53.9 Å². The highest BCUT2D eigenvalue weighted by atomic mass is 19.4. The highest BCUT2D eigenvalue weighted by Gasteiger charge is 2.31. The van der Waals surface area contributed by atoms with E-state index in [1.807, 2.05) is 6.92 Å². The van der Waals surface area contributed by atoms with Crippen LogP contribution in [0.2, 0.25) is 0 Å². The van der Waals surface area contributed by atoms with E-state index in [2.05, 4.69) is 10.3 Å². The molecular formula is C18H17F3N2O4. The molecule has 0 aliphatic rings. The zero-order chi connectivity index (χ0) is 19.9. The molecule has 0 atom stereocenters. The van der Waals surface area contributed by atoms with Crippen molar-refractivity contribution >= 4 is 17.6 Å². The topological polar surface area (TPSA) is 77.5 Å². The molecule has 144 valence electrons. The summed E-state index contributed by atoms with van der Waals surface area (Å²) in [6.45, 7) is 1.44. The van der Waals surface area contributed by atoms with E-state index in [1.165, 1.54) is 24.5 Å². The van der Waals surface area contributed by atoms with Crippen molar-refractivity contribution in [2.75, 3.05) is 18.5 Å². The lowest BCUT2D eigenvalue weighted by Gasteiger charge is -2.15. The molecule has 9 heteroatoms. The minimum absolute atomic E-state index is 0.0960. The van der Waals surface area contributed by atoms with E-state index in [1.54, 1.807) is 0 Å². The van der Waals surface area contributed by atoms with Gasteiger partial charge in [-0.2, -0.15) is 13.2 Å². The van der Waals surface area contributed by atoms with Crippen molar-refractivity contribution in [1.29, 1.82) is 0 Å². The molecule has 0 spiro atoms. The van der Waals surface area contributed by atoms with E-state index in [-0.39, 0.29) is 23.6 Å². The lowest BCUT2D eigenvalue weighted by molar-refractivity contribution is -0.137. The van der Waals surface area contributed by atoms with Gasteiger partial charge in [0.25, 0.3) is 5.91 Å². The van der Waals surface area contributed by atoms with Crippen LogP contribution in [0.25, 0.3) is 0 Å². The predicted molar refractivity (Wildman–Crippen MR) is 90.4 cm³/mol. The molecule has 0 aliphatic heterocycles. The Balaban J connectivity index is 2.07. The Bertz CT molecular complexity index is 795. The molecule has 2 rings (SSSR count). The number of rotatable bonds is 7. The van der Waals surface area contributed by atoms with Crippen LogP contribution in [0.1, 0.15) is 29.3 Å². The van der Waals surface area contributed by atoms with Crippen LogP contribution in [-0.4, -0.2) is 30.1 Å². The van der Waals surface area contributed by atoms with Gasteiger partial charge in [0.2, 0.25) is 0 Å².